The smallest absolute Gasteiger partial charge is 0.243 e. The summed E-state index contributed by atoms with van der Waals surface area (Å²) in [6.07, 6.45) is 3.58. The first-order valence-corrected chi connectivity index (χ1v) is 10.6. The standard InChI is InChI=1S/C19H19ClFNO4S/c20-16-10-15(6-7-17(16)21)27(23,24)22(14-3-1-2-4-14)11-13-5-8-18-19(9-13)26-12-25-18/h5-10,14H,1-4,11-12H2. The molecule has 2 aromatic carbocycles. The second-order valence-corrected chi connectivity index (χ2v) is 9.05. The zero-order valence-corrected chi connectivity index (χ0v) is 16.1. The first-order chi connectivity index (χ1) is 12.9. The van der Waals surface area contributed by atoms with Crippen LogP contribution in [0.15, 0.2) is 41.3 Å². The van der Waals surface area contributed by atoms with E-state index >= 15 is 0 Å². The van der Waals surface area contributed by atoms with Gasteiger partial charge in [-0.25, -0.2) is 12.8 Å². The molecule has 0 radical (unpaired) electrons. The van der Waals surface area contributed by atoms with E-state index < -0.39 is 15.8 Å². The zero-order valence-electron chi connectivity index (χ0n) is 14.5. The highest BCUT2D eigenvalue weighted by atomic mass is 35.5. The monoisotopic (exact) mass is 411 g/mol. The molecule has 0 bridgehead atoms. The molecule has 0 N–H and O–H groups in total. The van der Waals surface area contributed by atoms with Crippen LogP contribution >= 0.6 is 11.6 Å². The van der Waals surface area contributed by atoms with E-state index in [-0.39, 0.29) is 29.3 Å². The number of halogens is 2. The Morgan fingerprint density at radius 3 is 2.56 bits per heavy atom. The van der Waals surface area contributed by atoms with Gasteiger partial charge in [0.1, 0.15) is 5.82 Å². The number of hydrogen-bond donors (Lipinski definition) is 0. The second kappa shape index (κ2) is 7.30. The lowest BCUT2D eigenvalue weighted by atomic mass is 10.1. The number of sulfonamides is 1. The average molecular weight is 412 g/mol. The van der Waals surface area contributed by atoms with Crippen molar-refractivity contribution in [2.75, 3.05) is 6.79 Å². The summed E-state index contributed by atoms with van der Waals surface area (Å²) < 4.78 is 52.3. The van der Waals surface area contributed by atoms with E-state index in [1.54, 1.807) is 12.1 Å². The van der Waals surface area contributed by atoms with Gasteiger partial charge in [0.15, 0.2) is 11.5 Å². The molecule has 1 heterocycles. The van der Waals surface area contributed by atoms with Crippen LogP contribution in [0.25, 0.3) is 0 Å². The van der Waals surface area contributed by atoms with Crippen LogP contribution in [0.5, 0.6) is 11.5 Å². The van der Waals surface area contributed by atoms with Crippen LogP contribution in [0, 0.1) is 5.82 Å². The fourth-order valence-corrected chi connectivity index (χ4v) is 5.54. The third kappa shape index (κ3) is 3.63. The van der Waals surface area contributed by atoms with Gasteiger partial charge in [-0.2, -0.15) is 4.31 Å². The molecule has 0 saturated heterocycles. The van der Waals surface area contributed by atoms with Gasteiger partial charge in [-0.15, -0.1) is 0 Å². The van der Waals surface area contributed by atoms with Crippen LogP contribution < -0.4 is 9.47 Å². The molecule has 1 saturated carbocycles. The van der Waals surface area contributed by atoms with Crippen molar-refractivity contribution in [2.24, 2.45) is 0 Å². The van der Waals surface area contributed by atoms with E-state index in [1.165, 1.54) is 16.4 Å². The summed E-state index contributed by atoms with van der Waals surface area (Å²) in [5.41, 5.74) is 0.808. The summed E-state index contributed by atoms with van der Waals surface area (Å²) in [6, 6.07) is 8.85. The van der Waals surface area contributed by atoms with E-state index in [1.807, 2.05) is 6.07 Å². The lowest BCUT2D eigenvalue weighted by molar-refractivity contribution is 0.174. The molecule has 0 unspecified atom stereocenters. The maximum absolute atomic E-state index is 13.5. The van der Waals surface area contributed by atoms with E-state index in [0.29, 0.717) is 11.5 Å². The van der Waals surface area contributed by atoms with Crippen molar-refractivity contribution in [2.45, 2.75) is 43.2 Å². The van der Waals surface area contributed by atoms with Crippen molar-refractivity contribution in [1.29, 1.82) is 0 Å². The molecule has 144 valence electrons. The van der Waals surface area contributed by atoms with Crippen LogP contribution in [0.2, 0.25) is 5.02 Å². The number of fused-ring (bicyclic) bond motifs is 1. The van der Waals surface area contributed by atoms with Crippen LogP contribution in [0.3, 0.4) is 0 Å². The molecule has 0 amide bonds. The van der Waals surface area contributed by atoms with Crippen molar-refractivity contribution >= 4 is 21.6 Å². The molecule has 5 nitrogen and oxygen atoms in total. The number of ether oxygens (including phenoxy) is 2. The Balaban J connectivity index is 1.69. The molecule has 4 rings (SSSR count). The predicted molar refractivity (Wildman–Crippen MR) is 99.0 cm³/mol. The molecule has 27 heavy (non-hydrogen) atoms. The molecular formula is C19H19ClFNO4S. The molecule has 0 atom stereocenters. The van der Waals surface area contributed by atoms with Crippen LogP contribution in [-0.4, -0.2) is 25.6 Å². The minimum Gasteiger partial charge on any atom is -0.454 e. The van der Waals surface area contributed by atoms with E-state index in [0.717, 1.165) is 37.3 Å². The summed E-state index contributed by atoms with van der Waals surface area (Å²) >= 11 is 5.82. The van der Waals surface area contributed by atoms with Gasteiger partial charge in [0, 0.05) is 12.6 Å². The van der Waals surface area contributed by atoms with E-state index in [4.69, 9.17) is 21.1 Å². The summed E-state index contributed by atoms with van der Waals surface area (Å²) in [5, 5.41) is -0.203. The normalized spacial score (nSPS) is 17.0. The van der Waals surface area contributed by atoms with Crippen molar-refractivity contribution in [3.63, 3.8) is 0 Å². The fourth-order valence-electron chi connectivity index (χ4n) is 3.59. The van der Waals surface area contributed by atoms with Crippen LogP contribution in [-0.2, 0) is 16.6 Å². The van der Waals surface area contributed by atoms with E-state index in [2.05, 4.69) is 0 Å². The average Bonchev–Trinajstić information content (AvgIpc) is 3.32. The lowest BCUT2D eigenvalue weighted by Gasteiger charge is -2.28. The van der Waals surface area contributed by atoms with Gasteiger partial charge in [0.05, 0.1) is 9.92 Å². The fraction of sp³-hybridized carbons (Fsp3) is 0.368. The first kappa shape index (κ1) is 18.5. The molecule has 1 aliphatic carbocycles. The minimum absolute atomic E-state index is 0.00143. The molecule has 0 aromatic heterocycles. The van der Waals surface area contributed by atoms with Gasteiger partial charge in [0.25, 0.3) is 0 Å². The molecule has 2 aromatic rings. The highest BCUT2D eigenvalue weighted by Crippen LogP contribution is 2.35. The zero-order chi connectivity index (χ0) is 19.0. The van der Waals surface area contributed by atoms with Gasteiger partial charge < -0.3 is 9.47 Å². The van der Waals surface area contributed by atoms with Gasteiger partial charge >= 0.3 is 0 Å². The van der Waals surface area contributed by atoms with Gasteiger partial charge in [0.2, 0.25) is 16.8 Å². The molecule has 1 fully saturated rings. The first-order valence-electron chi connectivity index (χ1n) is 8.80. The Morgan fingerprint density at radius 2 is 1.81 bits per heavy atom. The molecular weight excluding hydrogens is 393 g/mol. The molecule has 1 aliphatic heterocycles. The highest BCUT2D eigenvalue weighted by molar-refractivity contribution is 7.89. The maximum Gasteiger partial charge on any atom is 0.243 e. The number of nitrogens with zero attached hydrogens (tertiary/aromatic N) is 1. The maximum atomic E-state index is 13.5. The third-order valence-corrected chi connectivity index (χ3v) is 7.19. The number of hydrogen-bond acceptors (Lipinski definition) is 4. The lowest BCUT2D eigenvalue weighted by Crippen LogP contribution is -2.38. The Labute approximate surface area is 162 Å². The molecule has 8 heteroatoms. The summed E-state index contributed by atoms with van der Waals surface area (Å²) in [7, 11) is -3.83. The third-order valence-electron chi connectivity index (χ3n) is 5.01. The second-order valence-electron chi connectivity index (χ2n) is 6.75. The van der Waals surface area contributed by atoms with Crippen LogP contribution in [0.1, 0.15) is 31.2 Å². The Kier molecular flexibility index (Phi) is 5.01. The Bertz CT molecular complexity index is 960. The van der Waals surface area contributed by atoms with Crippen molar-refractivity contribution in [1.82, 2.24) is 4.31 Å². The minimum atomic E-state index is -3.83. The van der Waals surface area contributed by atoms with Crippen molar-refractivity contribution in [3.05, 3.63) is 52.8 Å². The van der Waals surface area contributed by atoms with Gasteiger partial charge in [-0.3, -0.25) is 0 Å². The van der Waals surface area contributed by atoms with Crippen molar-refractivity contribution < 1.29 is 22.3 Å². The quantitative estimate of drug-likeness (QED) is 0.734. The number of rotatable bonds is 5. The summed E-state index contributed by atoms with van der Waals surface area (Å²) in [6.45, 7) is 0.371. The topological polar surface area (TPSA) is 55.8 Å². The summed E-state index contributed by atoms with van der Waals surface area (Å²) in [4.78, 5) is 0.00143. The number of benzene rings is 2. The molecule has 2 aliphatic rings. The van der Waals surface area contributed by atoms with E-state index in [9.17, 15) is 12.8 Å². The van der Waals surface area contributed by atoms with Crippen molar-refractivity contribution in [3.8, 4) is 11.5 Å². The van der Waals surface area contributed by atoms with Gasteiger partial charge in [-0.05, 0) is 48.7 Å². The Hall–Kier alpha value is -1.83. The molecule has 0 spiro atoms. The predicted octanol–water partition coefficient (Wildman–Crippen LogP) is 4.34. The summed E-state index contributed by atoms with van der Waals surface area (Å²) in [5.74, 6) is 0.624. The Morgan fingerprint density at radius 1 is 1.07 bits per heavy atom. The van der Waals surface area contributed by atoms with Crippen LogP contribution in [0.4, 0.5) is 4.39 Å². The SMILES string of the molecule is O=S(=O)(c1ccc(F)c(Cl)c1)N(Cc1ccc2c(c1)OCO2)C1CCCC1. The van der Waals surface area contributed by atoms with Gasteiger partial charge in [-0.1, -0.05) is 30.5 Å². The highest BCUT2D eigenvalue weighted by Gasteiger charge is 2.34. The largest absolute Gasteiger partial charge is 0.454 e.